The van der Waals surface area contributed by atoms with Crippen molar-refractivity contribution >= 4 is 12.1 Å². The van der Waals surface area contributed by atoms with Gasteiger partial charge in [-0.05, 0) is 18.2 Å². The predicted octanol–water partition coefficient (Wildman–Crippen LogP) is 1.61. The molecule has 9 heteroatoms. The van der Waals surface area contributed by atoms with Crippen molar-refractivity contribution in [1.82, 2.24) is 9.99 Å². The molecule has 116 valence electrons. The number of rotatable bonds is 4. The minimum Gasteiger partial charge on any atom is -0.463 e. The molecule has 2 aromatic rings. The fraction of sp³-hybridized carbons (Fsp3) is 0.154. The van der Waals surface area contributed by atoms with Gasteiger partial charge in [0.05, 0.1) is 18.0 Å². The normalized spacial score (nSPS) is 11.8. The Morgan fingerprint density at radius 2 is 2.14 bits per heavy atom. The van der Waals surface area contributed by atoms with Crippen molar-refractivity contribution < 1.29 is 22.4 Å². The van der Waals surface area contributed by atoms with Crippen molar-refractivity contribution in [2.75, 3.05) is 0 Å². The van der Waals surface area contributed by atoms with Gasteiger partial charge in [-0.15, -0.1) is 0 Å². The fourth-order valence-electron chi connectivity index (χ4n) is 1.55. The van der Waals surface area contributed by atoms with Crippen LogP contribution in [0.25, 0.3) is 0 Å². The number of hydrogen-bond acceptors (Lipinski definition) is 4. The number of carbonyl (C=O) groups is 1. The van der Waals surface area contributed by atoms with E-state index >= 15 is 0 Å². The average Bonchev–Trinajstić information content (AvgIpc) is 2.93. The number of nitrogens with one attached hydrogen (secondary N) is 1. The van der Waals surface area contributed by atoms with E-state index in [1.165, 1.54) is 12.5 Å². The van der Waals surface area contributed by atoms with Gasteiger partial charge in [0.1, 0.15) is 12.3 Å². The van der Waals surface area contributed by atoms with E-state index in [0.717, 1.165) is 6.07 Å². The Bertz CT molecular complexity index is 733. The zero-order valence-corrected chi connectivity index (χ0v) is 11.0. The van der Waals surface area contributed by atoms with E-state index < -0.39 is 29.8 Å². The minimum atomic E-state index is -4.59. The third-order valence-electron chi connectivity index (χ3n) is 2.55. The molecule has 0 radical (unpaired) electrons. The molecule has 6 nitrogen and oxygen atoms in total. The summed E-state index contributed by atoms with van der Waals surface area (Å²) in [5, 5.41) is 3.55. The summed E-state index contributed by atoms with van der Waals surface area (Å²) >= 11 is 0. The van der Waals surface area contributed by atoms with Crippen LogP contribution in [-0.4, -0.2) is 16.7 Å². The van der Waals surface area contributed by atoms with Crippen LogP contribution in [0.3, 0.4) is 0 Å². The molecular formula is C13H10F3N3O3. The number of aromatic nitrogens is 1. The number of nitrogens with zero attached hydrogens (tertiary/aromatic N) is 2. The summed E-state index contributed by atoms with van der Waals surface area (Å²) < 4.78 is 43.2. The first-order valence-corrected chi connectivity index (χ1v) is 5.99. The maximum absolute atomic E-state index is 12.5. The Hall–Kier alpha value is -2.84. The van der Waals surface area contributed by atoms with Gasteiger partial charge in [0.25, 0.3) is 11.5 Å². The summed E-state index contributed by atoms with van der Waals surface area (Å²) in [5.41, 5.74) is 0.346. The van der Waals surface area contributed by atoms with Crippen LogP contribution in [-0.2, 0) is 17.5 Å². The Kier molecular flexibility index (Phi) is 4.44. The lowest BCUT2D eigenvalue weighted by atomic mass is 10.3. The third-order valence-corrected chi connectivity index (χ3v) is 2.55. The predicted molar refractivity (Wildman–Crippen MR) is 70.1 cm³/mol. The molecule has 0 aliphatic heterocycles. The highest BCUT2D eigenvalue weighted by Gasteiger charge is 2.31. The molecular weight excluding hydrogens is 303 g/mol. The quantitative estimate of drug-likeness (QED) is 0.688. The van der Waals surface area contributed by atoms with Gasteiger partial charge < -0.3 is 8.98 Å². The lowest BCUT2D eigenvalue weighted by Crippen LogP contribution is -2.30. The molecule has 0 fully saturated rings. The van der Waals surface area contributed by atoms with E-state index in [1.807, 2.05) is 0 Å². The van der Waals surface area contributed by atoms with Crippen molar-refractivity contribution in [2.24, 2.45) is 5.10 Å². The van der Waals surface area contributed by atoms with E-state index in [9.17, 15) is 22.8 Å². The SMILES string of the molecule is O=C(Cn1cc(C(F)(F)F)ccc1=O)N/N=C\c1ccco1. The Morgan fingerprint density at radius 3 is 2.77 bits per heavy atom. The lowest BCUT2D eigenvalue weighted by molar-refractivity contribution is -0.138. The molecule has 0 aliphatic rings. The summed E-state index contributed by atoms with van der Waals surface area (Å²) in [5.74, 6) is -0.360. The number of halogens is 3. The fourth-order valence-corrected chi connectivity index (χ4v) is 1.55. The van der Waals surface area contributed by atoms with E-state index in [1.54, 1.807) is 12.1 Å². The number of furan rings is 1. The van der Waals surface area contributed by atoms with Gasteiger partial charge in [0.15, 0.2) is 0 Å². The third kappa shape index (κ3) is 4.08. The van der Waals surface area contributed by atoms with Crippen LogP contribution in [0.1, 0.15) is 11.3 Å². The monoisotopic (exact) mass is 313 g/mol. The van der Waals surface area contributed by atoms with Crippen molar-refractivity contribution in [3.05, 3.63) is 58.4 Å². The molecule has 2 aromatic heterocycles. The molecule has 1 amide bonds. The zero-order chi connectivity index (χ0) is 16.2. The second-order valence-corrected chi connectivity index (χ2v) is 4.19. The summed E-state index contributed by atoms with van der Waals surface area (Å²) in [4.78, 5) is 23.0. The van der Waals surface area contributed by atoms with Crippen LogP contribution in [0.2, 0.25) is 0 Å². The Balaban J connectivity index is 2.03. The number of hydrazone groups is 1. The molecule has 0 aliphatic carbocycles. The maximum Gasteiger partial charge on any atom is 0.417 e. The van der Waals surface area contributed by atoms with Crippen molar-refractivity contribution in [2.45, 2.75) is 12.7 Å². The van der Waals surface area contributed by atoms with Crippen molar-refractivity contribution in [3.8, 4) is 0 Å². The lowest BCUT2D eigenvalue weighted by Gasteiger charge is -2.09. The van der Waals surface area contributed by atoms with Crippen LogP contribution in [0.4, 0.5) is 13.2 Å². The van der Waals surface area contributed by atoms with Gasteiger partial charge in [-0.3, -0.25) is 9.59 Å². The van der Waals surface area contributed by atoms with E-state index in [0.29, 0.717) is 22.6 Å². The van der Waals surface area contributed by atoms with Crippen LogP contribution < -0.4 is 11.0 Å². The van der Waals surface area contributed by atoms with Gasteiger partial charge in [-0.1, -0.05) is 0 Å². The second kappa shape index (κ2) is 6.29. The Morgan fingerprint density at radius 1 is 1.36 bits per heavy atom. The number of pyridine rings is 1. The smallest absolute Gasteiger partial charge is 0.417 e. The van der Waals surface area contributed by atoms with Crippen molar-refractivity contribution in [1.29, 1.82) is 0 Å². The first-order valence-electron chi connectivity index (χ1n) is 5.99. The average molecular weight is 313 g/mol. The van der Waals surface area contributed by atoms with E-state index in [-0.39, 0.29) is 0 Å². The summed E-state index contributed by atoms with van der Waals surface area (Å²) in [6.07, 6.45) is -1.39. The number of alkyl halides is 3. The molecule has 0 aromatic carbocycles. The molecule has 2 heterocycles. The van der Waals surface area contributed by atoms with Gasteiger partial charge >= 0.3 is 6.18 Å². The molecule has 0 saturated carbocycles. The summed E-state index contributed by atoms with van der Waals surface area (Å²) in [6, 6.07) is 4.62. The molecule has 0 spiro atoms. The maximum atomic E-state index is 12.5. The summed E-state index contributed by atoms with van der Waals surface area (Å²) in [6.45, 7) is -0.585. The minimum absolute atomic E-state index is 0.386. The first-order chi connectivity index (χ1) is 10.4. The van der Waals surface area contributed by atoms with Gasteiger partial charge in [0, 0.05) is 12.3 Å². The molecule has 0 saturated heterocycles. The number of carbonyl (C=O) groups excluding carboxylic acids is 1. The highest BCUT2D eigenvalue weighted by Crippen LogP contribution is 2.27. The first kappa shape index (κ1) is 15.5. The van der Waals surface area contributed by atoms with Crippen LogP contribution in [0.5, 0.6) is 0 Å². The van der Waals surface area contributed by atoms with Gasteiger partial charge in [-0.25, -0.2) is 5.43 Å². The molecule has 2 rings (SSSR count). The topological polar surface area (TPSA) is 76.6 Å². The molecule has 0 atom stereocenters. The van der Waals surface area contributed by atoms with Crippen LogP contribution in [0.15, 0.2) is 51.0 Å². The van der Waals surface area contributed by atoms with Crippen LogP contribution in [0, 0.1) is 0 Å². The Labute approximate surface area is 121 Å². The van der Waals surface area contributed by atoms with Crippen LogP contribution >= 0.6 is 0 Å². The number of amides is 1. The molecule has 0 bridgehead atoms. The van der Waals surface area contributed by atoms with Gasteiger partial charge in [-0.2, -0.15) is 18.3 Å². The van der Waals surface area contributed by atoms with Gasteiger partial charge in [0.2, 0.25) is 0 Å². The van der Waals surface area contributed by atoms with E-state index in [2.05, 4.69) is 10.5 Å². The van der Waals surface area contributed by atoms with Crippen molar-refractivity contribution in [3.63, 3.8) is 0 Å². The standard InChI is InChI=1S/C13H10F3N3O3/c14-13(15,16)9-3-4-12(21)19(7-9)8-11(20)18-17-6-10-2-1-5-22-10/h1-7H,8H2,(H,18,20)/b17-6-. The number of hydrogen-bond donors (Lipinski definition) is 1. The molecule has 1 N–H and O–H groups in total. The second-order valence-electron chi connectivity index (χ2n) is 4.19. The highest BCUT2D eigenvalue weighted by molar-refractivity contribution is 5.80. The molecule has 0 unspecified atom stereocenters. The zero-order valence-electron chi connectivity index (χ0n) is 11.0. The highest BCUT2D eigenvalue weighted by atomic mass is 19.4. The van der Waals surface area contributed by atoms with E-state index in [4.69, 9.17) is 4.42 Å². The summed E-state index contributed by atoms with van der Waals surface area (Å²) in [7, 11) is 0. The largest absolute Gasteiger partial charge is 0.463 e. The molecule has 22 heavy (non-hydrogen) atoms.